The fourth-order valence-corrected chi connectivity index (χ4v) is 1.93. The monoisotopic (exact) mass is 318 g/mol. The molecule has 5 heteroatoms. The lowest BCUT2D eigenvalue weighted by Gasteiger charge is -2.20. The van der Waals surface area contributed by atoms with E-state index in [-0.39, 0.29) is 18.3 Å². The predicted octanol–water partition coefficient (Wildman–Crippen LogP) is 2.32. The smallest absolute Gasteiger partial charge is 0.242 e. The van der Waals surface area contributed by atoms with E-state index in [1.807, 2.05) is 24.3 Å². The van der Waals surface area contributed by atoms with E-state index in [0.29, 0.717) is 6.54 Å². The number of hydrogen-bond acceptors (Lipinski definition) is 2. The Balaban J connectivity index is 0.00000144. The second-order valence-corrected chi connectivity index (χ2v) is 5.36. The molecule has 1 amide bonds. The van der Waals surface area contributed by atoms with Crippen LogP contribution in [0.4, 0.5) is 0 Å². The highest BCUT2D eigenvalue weighted by Gasteiger charge is 2.47. The average molecular weight is 320 g/mol. The van der Waals surface area contributed by atoms with Gasteiger partial charge in [0.05, 0.1) is 5.54 Å². The third-order valence-electron chi connectivity index (χ3n) is 2.89. The maximum Gasteiger partial charge on any atom is 0.242 e. The maximum absolute atomic E-state index is 11.9. The minimum atomic E-state index is -0.565. The van der Waals surface area contributed by atoms with Crippen molar-refractivity contribution in [3.05, 3.63) is 34.3 Å². The molecule has 1 aliphatic rings. The summed E-state index contributed by atoms with van der Waals surface area (Å²) in [6, 6.07) is 7.96. The van der Waals surface area contributed by atoms with Crippen LogP contribution in [0.15, 0.2) is 28.7 Å². The topological polar surface area (TPSA) is 46.3 Å². The van der Waals surface area contributed by atoms with Gasteiger partial charge < -0.3 is 10.6 Å². The van der Waals surface area contributed by atoms with Gasteiger partial charge in [0, 0.05) is 18.1 Å². The molecule has 0 saturated heterocycles. The van der Waals surface area contributed by atoms with Crippen molar-refractivity contribution in [1.29, 1.82) is 0 Å². The lowest BCUT2D eigenvalue weighted by molar-refractivity contribution is -0.132. The number of likely N-dealkylation sites (N-methyl/N-ethyl adjacent to an activating group) is 1. The molecule has 2 rings (SSSR count). The molecule has 0 heterocycles. The van der Waals surface area contributed by atoms with Crippen LogP contribution in [0.5, 0.6) is 0 Å². The number of benzene rings is 1. The van der Waals surface area contributed by atoms with Crippen molar-refractivity contribution in [3.8, 4) is 0 Å². The van der Waals surface area contributed by atoms with Crippen molar-refractivity contribution in [3.63, 3.8) is 0 Å². The molecule has 17 heavy (non-hydrogen) atoms. The van der Waals surface area contributed by atoms with Crippen LogP contribution in [0.1, 0.15) is 18.4 Å². The Labute approximate surface area is 116 Å². The summed E-state index contributed by atoms with van der Waals surface area (Å²) < 4.78 is 1.04. The number of carbonyl (C=O) groups is 1. The van der Waals surface area contributed by atoms with Crippen LogP contribution in [0, 0.1) is 0 Å². The van der Waals surface area contributed by atoms with Crippen LogP contribution >= 0.6 is 28.3 Å². The number of amides is 1. The molecule has 0 atom stereocenters. The number of halogens is 2. The first kappa shape index (κ1) is 14.5. The van der Waals surface area contributed by atoms with E-state index in [9.17, 15) is 4.79 Å². The Morgan fingerprint density at radius 1 is 1.41 bits per heavy atom. The number of carbonyl (C=O) groups excluding carboxylic acids is 1. The number of nitrogens with two attached hydrogens (primary N) is 1. The van der Waals surface area contributed by atoms with Gasteiger partial charge in [0.25, 0.3) is 0 Å². The molecule has 1 aromatic rings. The Bertz CT molecular complexity index is 403. The molecule has 0 spiro atoms. The molecule has 0 unspecified atom stereocenters. The van der Waals surface area contributed by atoms with E-state index in [1.54, 1.807) is 11.9 Å². The summed E-state index contributed by atoms with van der Waals surface area (Å²) in [5.74, 6) is 0.0513. The van der Waals surface area contributed by atoms with Gasteiger partial charge in [-0.05, 0) is 30.5 Å². The highest BCUT2D eigenvalue weighted by Crippen LogP contribution is 2.34. The van der Waals surface area contributed by atoms with E-state index in [4.69, 9.17) is 5.73 Å². The van der Waals surface area contributed by atoms with Crippen LogP contribution in [-0.4, -0.2) is 23.4 Å². The molecular formula is C12H16BrClN2O. The van der Waals surface area contributed by atoms with Crippen LogP contribution < -0.4 is 5.73 Å². The van der Waals surface area contributed by atoms with Gasteiger partial charge in [-0.1, -0.05) is 28.1 Å². The van der Waals surface area contributed by atoms with Crippen molar-refractivity contribution in [2.24, 2.45) is 5.73 Å². The van der Waals surface area contributed by atoms with Crippen molar-refractivity contribution >= 4 is 34.2 Å². The molecule has 1 fully saturated rings. The van der Waals surface area contributed by atoms with Crippen molar-refractivity contribution in [1.82, 2.24) is 4.90 Å². The normalized spacial score (nSPS) is 15.9. The average Bonchev–Trinajstić information content (AvgIpc) is 3.00. The molecule has 0 radical (unpaired) electrons. The molecule has 1 saturated carbocycles. The summed E-state index contributed by atoms with van der Waals surface area (Å²) in [4.78, 5) is 13.6. The first-order valence-corrected chi connectivity index (χ1v) is 6.09. The van der Waals surface area contributed by atoms with Crippen molar-refractivity contribution in [2.75, 3.05) is 7.05 Å². The molecule has 0 bridgehead atoms. The molecule has 0 aromatic heterocycles. The Hall–Kier alpha value is -0.580. The van der Waals surface area contributed by atoms with Gasteiger partial charge in [-0.3, -0.25) is 4.79 Å². The van der Waals surface area contributed by atoms with E-state index in [1.165, 1.54) is 0 Å². The van der Waals surface area contributed by atoms with Gasteiger partial charge in [0.2, 0.25) is 5.91 Å². The van der Waals surface area contributed by atoms with Crippen LogP contribution in [0.2, 0.25) is 0 Å². The molecule has 0 aliphatic heterocycles. The van der Waals surface area contributed by atoms with Crippen molar-refractivity contribution in [2.45, 2.75) is 24.9 Å². The zero-order valence-corrected chi connectivity index (χ0v) is 12.1. The maximum atomic E-state index is 11.9. The predicted molar refractivity (Wildman–Crippen MR) is 74.0 cm³/mol. The van der Waals surface area contributed by atoms with E-state index >= 15 is 0 Å². The fraction of sp³-hybridized carbons (Fsp3) is 0.417. The van der Waals surface area contributed by atoms with Crippen LogP contribution in [-0.2, 0) is 11.3 Å². The summed E-state index contributed by atoms with van der Waals surface area (Å²) in [7, 11) is 1.80. The molecular weight excluding hydrogens is 304 g/mol. The summed E-state index contributed by atoms with van der Waals surface area (Å²) in [5.41, 5.74) is 6.42. The number of nitrogens with zero attached hydrogens (tertiary/aromatic N) is 1. The Morgan fingerprint density at radius 2 is 1.94 bits per heavy atom. The van der Waals surface area contributed by atoms with Gasteiger partial charge in [0.1, 0.15) is 0 Å². The summed E-state index contributed by atoms with van der Waals surface area (Å²) in [5, 5.41) is 0. The first-order valence-electron chi connectivity index (χ1n) is 5.30. The molecule has 1 aromatic carbocycles. The minimum absolute atomic E-state index is 0. The highest BCUT2D eigenvalue weighted by molar-refractivity contribution is 9.10. The lowest BCUT2D eigenvalue weighted by atomic mass is 10.2. The zero-order valence-electron chi connectivity index (χ0n) is 9.65. The van der Waals surface area contributed by atoms with E-state index < -0.39 is 5.54 Å². The highest BCUT2D eigenvalue weighted by atomic mass is 79.9. The third-order valence-corrected chi connectivity index (χ3v) is 3.42. The SMILES string of the molecule is CN(Cc1ccc(Br)cc1)C(=O)C1(N)CC1.Cl. The van der Waals surface area contributed by atoms with Gasteiger partial charge >= 0.3 is 0 Å². The first-order chi connectivity index (χ1) is 7.51. The lowest BCUT2D eigenvalue weighted by Crippen LogP contribution is -2.43. The Morgan fingerprint density at radius 3 is 2.41 bits per heavy atom. The summed E-state index contributed by atoms with van der Waals surface area (Å²) >= 11 is 3.38. The fourth-order valence-electron chi connectivity index (χ4n) is 1.66. The standard InChI is InChI=1S/C12H15BrN2O.ClH/c1-15(11(16)12(14)6-7-12)8-9-2-4-10(13)5-3-9;/h2-5H,6-8,14H2,1H3;1H. The molecule has 2 N–H and O–H groups in total. The van der Waals surface area contributed by atoms with Gasteiger partial charge in [-0.15, -0.1) is 12.4 Å². The molecule has 94 valence electrons. The second-order valence-electron chi connectivity index (χ2n) is 4.44. The summed E-state index contributed by atoms with van der Waals surface area (Å²) in [6.45, 7) is 0.616. The minimum Gasteiger partial charge on any atom is -0.340 e. The summed E-state index contributed by atoms with van der Waals surface area (Å²) in [6.07, 6.45) is 1.63. The second kappa shape index (κ2) is 5.38. The van der Waals surface area contributed by atoms with Gasteiger partial charge in [0.15, 0.2) is 0 Å². The quantitative estimate of drug-likeness (QED) is 0.929. The largest absolute Gasteiger partial charge is 0.340 e. The molecule has 3 nitrogen and oxygen atoms in total. The van der Waals surface area contributed by atoms with Gasteiger partial charge in [-0.25, -0.2) is 0 Å². The van der Waals surface area contributed by atoms with Crippen LogP contribution in [0.3, 0.4) is 0 Å². The van der Waals surface area contributed by atoms with Gasteiger partial charge in [-0.2, -0.15) is 0 Å². The molecule has 1 aliphatic carbocycles. The Kier molecular flexibility index (Phi) is 4.58. The number of rotatable bonds is 3. The number of hydrogen-bond donors (Lipinski definition) is 1. The zero-order chi connectivity index (χ0) is 11.8. The third kappa shape index (κ3) is 3.44. The van der Waals surface area contributed by atoms with E-state index in [2.05, 4.69) is 15.9 Å². The van der Waals surface area contributed by atoms with Crippen molar-refractivity contribution < 1.29 is 4.79 Å². The van der Waals surface area contributed by atoms with Crippen LogP contribution in [0.25, 0.3) is 0 Å². The van der Waals surface area contributed by atoms with E-state index in [0.717, 1.165) is 22.9 Å².